The Hall–Kier alpha value is -2.00. The molecule has 0 aliphatic heterocycles. The van der Waals surface area contributed by atoms with Crippen LogP contribution in [0.4, 0.5) is 11.4 Å². The highest BCUT2D eigenvalue weighted by Crippen LogP contribution is 2.22. The highest BCUT2D eigenvalue weighted by atomic mass is 35.5. The van der Waals surface area contributed by atoms with Crippen molar-refractivity contribution in [3.8, 4) is 0 Å². The molecule has 0 atom stereocenters. The summed E-state index contributed by atoms with van der Waals surface area (Å²) < 4.78 is 0. The monoisotopic (exact) mass is 302 g/mol. The number of amides is 1. The van der Waals surface area contributed by atoms with Gasteiger partial charge >= 0.3 is 0 Å². The van der Waals surface area contributed by atoms with Crippen LogP contribution < -0.4 is 10.6 Å². The molecule has 0 aliphatic rings. The van der Waals surface area contributed by atoms with Gasteiger partial charge in [-0.15, -0.1) is 0 Å². The van der Waals surface area contributed by atoms with Crippen LogP contribution >= 0.6 is 11.6 Å². The van der Waals surface area contributed by atoms with E-state index < -0.39 is 0 Å². The first-order valence-corrected chi connectivity index (χ1v) is 7.20. The number of nitrogens with one attached hydrogen (secondary N) is 2. The average molecular weight is 303 g/mol. The molecule has 1 amide bonds. The molecular formula is C17H19ClN2O. The van der Waals surface area contributed by atoms with Crippen LogP contribution in [0.3, 0.4) is 0 Å². The summed E-state index contributed by atoms with van der Waals surface area (Å²) in [7, 11) is 0. The Balaban J connectivity index is 1.97. The van der Waals surface area contributed by atoms with Crippen molar-refractivity contribution in [1.82, 2.24) is 0 Å². The normalized spacial score (nSPS) is 10.3. The second-order valence-electron chi connectivity index (χ2n) is 5.19. The van der Waals surface area contributed by atoms with E-state index in [1.807, 2.05) is 45.0 Å². The zero-order chi connectivity index (χ0) is 15.4. The van der Waals surface area contributed by atoms with Crippen molar-refractivity contribution in [3.05, 3.63) is 58.1 Å². The highest BCUT2D eigenvalue weighted by Gasteiger charge is 2.06. The Morgan fingerprint density at radius 3 is 2.43 bits per heavy atom. The summed E-state index contributed by atoms with van der Waals surface area (Å²) in [5.74, 6) is -0.0977. The molecule has 0 bridgehead atoms. The molecule has 0 fully saturated rings. The molecule has 2 aromatic carbocycles. The summed E-state index contributed by atoms with van der Waals surface area (Å²) in [6, 6.07) is 11.6. The van der Waals surface area contributed by atoms with Crippen LogP contribution in [0.15, 0.2) is 36.4 Å². The number of hydrogen-bond acceptors (Lipinski definition) is 2. The van der Waals surface area contributed by atoms with Crippen LogP contribution in [0.5, 0.6) is 0 Å². The van der Waals surface area contributed by atoms with Crippen molar-refractivity contribution in [3.63, 3.8) is 0 Å². The molecule has 0 aromatic heterocycles. The van der Waals surface area contributed by atoms with Gasteiger partial charge in [-0.25, -0.2) is 0 Å². The number of hydrogen-bond donors (Lipinski definition) is 2. The van der Waals surface area contributed by atoms with Crippen molar-refractivity contribution in [2.75, 3.05) is 17.2 Å². The van der Waals surface area contributed by atoms with E-state index in [-0.39, 0.29) is 12.5 Å². The Morgan fingerprint density at radius 2 is 1.76 bits per heavy atom. The van der Waals surface area contributed by atoms with E-state index in [1.165, 1.54) is 11.1 Å². The molecule has 0 spiro atoms. The number of carbonyl (C=O) groups is 1. The third kappa shape index (κ3) is 4.23. The van der Waals surface area contributed by atoms with E-state index in [0.717, 1.165) is 16.9 Å². The summed E-state index contributed by atoms with van der Waals surface area (Å²) in [6.45, 7) is 6.17. The van der Waals surface area contributed by atoms with Gasteiger partial charge in [-0.3, -0.25) is 4.79 Å². The molecule has 0 heterocycles. The standard InChI is InChI=1S/C17H19ClN2O/c1-11-7-12(2)9-14(8-11)19-10-17(21)20-16-6-4-5-15(18)13(16)3/h4-9,19H,10H2,1-3H3,(H,20,21). The van der Waals surface area contributed by atoms with Gasteiger partial charge in [0.15, 0.2) is 0 Å². The van der Waals surface area contributed by atoms with E-state index in [4.69, 9.17) is 11.6 Å². The molecule has 0 unspecified atom stereocenters. The van der Waals surface area contributed by atoms with Gasteiger partial charge in [0.2, 0.25) is 5.91 Å². The minimum absolute atomic E-state index is 0.0977. The number of halogens is 1. The molecule has 0 saturated carbocycles. The van der Waals surface area contributed by atoms with Crippen LogP contribution in [0.1, 0.15) is 16.7 Å². The van der Waals surface area contributed by atoms with E-state index in [2.05, 4.69) is 16.7 Å². The largest absolute Gasteiger partial charge is 0.376 e. The Labute approximate surface area is 130 Å². The minimum atomic E-state index is -0.0977. The van der Waals surface area contributed by atoms with Gasteiger partial charge in [-0.2, -0.15) is 0 Å². The smallest absolute Gasteiger partial charge is 0.243 e. The number of anilines is 2. The number of aryl methyl sites for hydroxylation is 2. The molecule has 0 saturated heterocycles. The van der Waals surface area contributed by atoms with Crippen LogP contribution in [0.2, 0.25) is 5.02 Å². The van der Waals surface area contributed by atoms with Crippen molar-refractivity contribution in [2.45, 2.75) is 20.8 Å². The molecular weight excluding hydrogens is 284 g/mol. The second kappa shape index (κ2) is 6.64. The van der Waals surface area contributed by atoms with Crippen LogP contribution in [-0.4, -0.2) is 12.5 Å². The fourth-order valence-electron chi connectivity index (χ4n) is 2.20. The number of carbonyl (C=O) groups excluding carboxylic acids is 1. The maximum atomic E-state index is 12.0. The molecule has 0 radical (unpaired) electrons. The van der Waals surface area contributed by atoms with Gasteiger partial charge in [0.1, 0.15) is 0 Å². The molecule has 4 heteroatoms. The molecule has 0 aliphatic carbocycles. The first-order chi connectivity index (χ1) is 9.95. The van der Waals surface area contributed by atoms with E-state index in [1.54, 1.807) is 6.07 Å². The quantitative estimate of drug-likeness (QED) is 0.883. The summed E-state index contributed by atoms with van der Waals surface area (Å²) >= 11 is 6.04. The van der Waals surface area contributed by atoms with Crippen molar-refractivity contribution < 1.29 is 4.79 Å². The van der Waals surface area contributed by atoms with E-state index >= 15 is 0 Å². The topological polar surface area (TPSA) is 41.1 Å². The Bertz CT molecular complexity index is 648. The Kier molecular flexibility index (Phi) is 4.86. The van der Waals surface area contributed by atoms with Gasteiger partial charge in [-0.05, 0) is 61.7 Å². The third-order valence-electron chi connectivity index (χ3n) is 3.22. The third-order valence-corrected chi connectivity index (χ3v) is 3.63. The summed E-state index contributed by atoms with van der Waals surface area (Å²) in [6.07, 6.45) is 0. The zero-order valence-corrected chi connectivity index (χ0v) is 13.2. The minimum Gasteiger partial charge on any atom is -0.376 e. The fourth-order valence-corrected chi connectivity index (χ4v) is 2.37. The van der Waals surface area contributed by atoms with Gasteiger partial charge in [0, 0.05) is 16.4 Å². The van der Waals surface area contributed by atoms with Crippen LogP contribution in [0, 0.1) is 20.8 Å². The molecule has 21 heavy (non-hydrogen) atoms. The number of rotatable bonds is 4. The highest BCUT2D eigenvalue weighted by molar-refractivity contribution is 6.31. The van der Waals surface area contributed by atoms with Gasteiger partial charge in [0.25, 0.3) is 0 Å². The lowest BCUT2D eigenvalue weighted by atomic mass is 10.1. The van der Waals surface area contributed by atoms with Gasteiger partial charge in [0.05, 0.1) is 6.54 Å². The molecule has 2 N–H and O–H groups in total. The van der Waals surface area contributed by atoms with Crippen LogP contribution in [-0.2, 0) is 4.79 Å². The second-order valence-corrected chi connectivity index (χ2v) is 5.60. The lowest BCUT2D eigenvalue weighted by molar-refractivity contribution is -0.114. The first kappa shape index (κ1) is 15.4. The van der Waals surface area contributed by atoms with Crippen LogP contribution in [0.25, 0.3) is 0 Å². The maximum Gasteiger partial charge on any atom is 0.243 e. The Morgan fingerprint density at radius 1 is 1.10 bits per heavy atom. The number of benzene rings is 2. The predicted molar refractivity (Wildman–Crippen MR) is 89.2 cm³/mol. The average Bonchev–Trinajstić information content (AvgIpc) is 2.41. The fraction of sp³-hybridized carbons (Fsp3) is 0.235. The molecule has 3 nitrogen and oxygen atoms in total. The summed E-state index contributed by atoms with van der Waals surface area (Å²) in [5.41, 5.74) is 4.91. The molecule has 110 valence electrons. The zero-order valence-electron chi connectivity index (χ0n) is 12.5. The lowest BCUT2D eigenvalue weighted by Crippen LogP contribution is -2.22. The van der Waals surface area contributed by atoms with Gasteiger partial charge < -0.3 is 10.6 Å². The van der Waals surface area contributed by atoms with E-state index in [9.17, 15) is 4.79 Å². The maximum absolute atomic E-state index is 12.0. The predicted octanol–water partition coefficient (Wildman–Crippen LogP) is 4.32. The molecule has 2 aromatic rings. The summed E-state index contributed by atoms with van der Waals surface area (Å²) in [4.78, 5) is 12.0. The van der Waals surface area contributed by atoms with Gasteiger partial charge in [-0.1, -0.05) is 23.7 Å². The van der Waals surface area contributed by atoms with Crippen molar-refractivity contribution >= 4 is 28.9 Å². The lowest BCUT2D eigenvalue weighted by Gasteiger charge is -2.11. The first-order valence-electron chi connectivity index (χ1n) is 6.83. The van der Waals surface area contributed by atoms with Crippen molar-refractivity contribution in [1.29, 1.82) is 0 Å². The summed E-state index contributed by atoms with van der Waals surface area (Å²) in [5, 5.41) is 6.65. The molecule has 2 rings (SSSR count). The van der Waals surface area contributed by atoms with E-state index in [0.29, 0.717) is 5.02 Å². The van der Waals surface area contributed by atoms with Crippen molar-refractivity contribution in [2.24, 2.45) is 0 Å². The SMILES string of the molecule is Cc1cc(C)cc(NCC(=O)Nc2cccc(Cl)c2C)c1.